The van der Waals surface area contributed by atoms with Gasteiger partial charge in [0.15, 0.2) is 0 Å². The van der Waals surface area contributed by atoms with Gasteiger partial charge in [0.05, 0.1) is 32.7 Å². The van der Waals surface area contributed by atoms with E-state index in [1.54, 1.807) is 22.5 Å². The fourth-order valence-electron chi connectivity index (χ4n) is 3.36. The molecular formula is C20H15N5O2S. The zero-order valence-electron chi connectivity index (χ0n) is 14.8. The van der Waals surface area contributed by atoms with Crippen LogP contribution in [0.3, 0.4) is 0 Å². The summed E-state index contributed by atoms with van der Waals surface area (Å²) >= 11 is 1.52. The Labute approximate surface area is 163 Å². The molecule has 138 valence electrons. The van der Waals surface area contributed by atoms with Crippen LogP contribution in [0.1, 0.15) is 11.3 Å². The minimum absolute atomic E-state index is 0.135. The van der Waals surface area contributed by atoms with E-state index in [2.05, 4.69) is 20.7 Å². The SMILES string of the molecule is Cc1cc(=O)[nH]n1-c1ccc(N/C=C2\C(=O)Nc3ccc4ncsc4c32)cc1. The summed E-state index contributed by atoms with van der Waals surface area (Å²) in [6.45, 7) is 1.87. The second kappa shape index (κ2) is 6.21. The molecule has 7 nitrogen and oxygen atoms in total. The van der Waals surface area contributed by atoms with Gasteiger partial charge in [-0.3, -0.25) is 19.4 Å². The van der Waals surface area contributed by atoms with E-state index in [0.29, 0.717) is 5.57 Å². The molecule has 0 bridgehead atoms. The van der Waals surface area contributed by atoms with Crippen LogP contribution in [0.2, 0.25) is 0 Å². The maximum absolute atomic E-state index is 12.4. The molecule has 5 rings (SSSR count). The third-order valence-electron chi connectivity index (χ3n) is 4.68. The van der Waals surface area contributed by atoms with Crippen LogP contribution in [0.25, 0.3) is 21.5 Å². The Hall–Kier alpha value is -3.65. The predicted molar refractivity (Wildman–Crippen MR) is 111 cm³/mol. The predicted octanol–water partition coefficient (Wildman–Crippen LogP) is 3.49. The first-order chi connectivity index (χ1) is 13.6. The fourth-order valence-corrected chi connectivity index (χ4v) is 4.21. The zero-order valence-corrected chi connectivity index (χ0v) is 15.6. The molecular weight excluding hydrogens is 374 g/mol. The lowest BCUT2D eigenvalue weighted by Crippen LogP contribution is -2.05. The van der Waals surface area contributed by atoms with Crippen LogP contribution in [0.4, 0.5) is 11.4 Å². The van der Waals surface area contributed by atoms with E-state index in [4.69, 9.17) is 0 Å². The standard InChI is InChI=1S/C20H15N5O2S/c1-11-8-17(26)24-25(11)13-4-2-12(3-5-13)21-9-14-18-15(23-20(14)27)6-7-16-19(18)28-10-22-16/h2-10,21H,1H3,(H,23,27)(H,24,26)/b14-9-. The minimum atomic E-state index is -0.138. The summed E-state index contributed by atoms with van der Waals surface area (Å²) < 4.78 is 2.72. The molecule has 8 heteroatoms. The van der Waals surface area contributed by atoms with Gasteiger partial charge in [-0.15, -0.1) is 11.3 Å². The van der Waals surface area contributed by atoms with E-state index in [9.17, 15) is 9.59 Å². The number of carbonyl (C=O) groups is 1. The van der Waals surface area contributed by atoms with Crippen LogP contribution in [-0.4, -0.2) is 20.7 Å². The Kier molecular flexibility index (Phi) is 3.66. The van der Waals surface area contributed by atoms with E-state index in [-0.39, 0.29) is 11.5 Å². The molecule has 0 aliphatic carbocycles. The Morgan fingerprint density at radius 3 is 2.71 bits per heavy atom. The number of amides is 1. The molecule has 1 aliphatic heterocycles. The van der Waals surface area contributed by atoms with Gasteiger partial charge in [0.1, 0.15) is 0 Å². The highest BCUT2D eigenvalue weighted by Crippen LogP contribution is 2.39. The van der Waals surface area contributed by atoms with Crippen molar-refractivity contribution in [3.63, 3.8) is 0 Å². The summed E-state index contributed by atoms with van der Waals surface area (Å²) in [7, 11) is 0. The van der Waals surface area contributed by atoms with Crippen molar-refractivity contribution in [1.82, 2.24) is 14.8 Å². The number of fused-ring (bicyclic) bond motifs is 3. The number of hydrogen-bond donors (Lipinski definition) is 3. The molecule has 0 fully saturated rings. The van der Waals surface area contributed by atoms with Gasteiger partial charge < -0.3 is 10.6 Å². The number of aromatic amines is 1. The van der Waals surface area contributed by atoms with Crippen LogP contribution in [-0.2, 0) is 4.79 Å². The number of H-pyrrole nitrogens is 1. The molecule has 0 radical (unpaired) electrons. The number of nitrogens with one attached hydrogen (secondary N) is 3. The number of aromatic nitrogens is 3. The molecule has 0 unspecified atom stereocenters. The molecule has 2 aromatic carbocycles. The third-order valence-corrected chi connectivity index (χ3v) is 5.54. The minimum Gasteiger partial charge on any atom is -0.361 e. The fraction of sp³-hybridized carbons (Fsp3) is 0.0500. The second-order valence-electron chi connectivity index (χ2n) is 6.49. The van der Waals surface area contributed by atoms with Crippen molar-refractivity contribution in [1.29, 1.82) is 0 Å². The lowest BCUT2D eigenvalue weighted by Gasteiger charge is -2.07. The summed E-state index contributed by atoms with van der Waals surface area (Å²) in [6, 6.07) is 12.9. The highest BCUT2D eigenvalue weighted by Gasteiger charge is 2.27. The second-order valence-corrected chi connectivity index (χ2v) is 7.34. The van der Waals surface area contributed by atoms with E-state index in [0.717, 1.165) is 38.5 Å². The molecule has 2 aromatic heterocycles. The van der Waals surface area contributed by atoms with Crippen LogP contribution < -0.4 is 16.2 Å². The lowest BCUT2D eigenvalue weighted by atomic mass is 10.1. The number of nitrogens with zero attached hydrogens (tertiary/aromatic N) is 2. The molecule has 0 atom stereocenters. The van der Waals surface area contributed by atoms with Crippen molar-refractivity contribution in [3.8, 4) is 5.69 Å². The maximum atomic E-state index is 12.4. The Bertz CT molecular complexity index is 1310. The summed E-state index contributed by atoms with van der Waals surface area (Å²) in [4.78, 5) is 28.2. The number of benzene rings is 2. The maximum Gasteiger partial charge on any atom is 0.264 e. The number of carbonyl (C=O) groups excluding carboxylic acids is 1. The average Bonchev–Trinajstić information content (AvgIpc) is 3.36. The smallest absolute Gasteiger partial charge is 0.264 e. The number of rotatable bonds is 3. The van der Waals surface area contributed by atoms with Gasteiger partial charge in [-0.25, -0.2) is 4.98 Å². The summed E-state index contributed by atoms with van der Waals surface area (Å²) in [5.41, 5.74) is 7.32. The van der Waals surface area contributed by atoms with E-state index >= 15 is 0 Å². The first kappa shape index (κ1) is 16.5. The largest absolute Gasteiger partial charge is 0.361 e. The molecule has 28 heavy (non-hydrogen) atoms. The summed E-state index contributed by atoms with van der Waals surface area (Å²) in [6.07, 6.45) is 1.72. The van der Waals surface area contributed by atoms with Gasteiger partial charge in [0, 0.05) is 29.2 Å². The number of hydrogen-bond acceptors (Lipinski definition) is 5. The summed E-state index contributed by atoms with van der Waals surface area (Å²) in [5, 5.41) is 8.85. The van der Waals surface area contributed by atoms with E-state index in [1.165, 1.54) is 11.3 Å². The van der Waals surface area contributed by atoms with Crippen molar-refractivity contribution < 1.29 is 4.79 Å². The van der Waals surface area contributed by atoms with Crippen LogP contribution in [0.5, 0.6) is 0 Å². The third kappa shape index (κ3) is 2.62. The quantitative estimate of drug-likeness (QED) is 0.468. The monoisotopic (exact) mass is 389 g/mol. The molecule has 0 saturated carbocycles. The van der Waals surface area contributed by atoms with Gasteiger partial charge in [0.2, 0.25) is 0 Å². The molecule has 0 saturated heterocycles. The van der Waals surface area contributed by atoms with E-state index in [1.807, 2.05) is 43.3 Å². The Morgan fingerprint density at radius 1 is 1.14 bits per heavy atom. The normalized spacial score (nSPS) is 14.5. The van der Waals surface area contributed by atoms with Gasteiger partial charge in [-0.1, -0.05) is 0 Å². The number of thiazole rings is 1. The molecule has 1 amide bonds. The molecule has 1 aliphatic rings. The lowest BCUT2D eigenvalue weighted by molar-refractivity contribution is -0.110. The van der Waals surface area contributed by atoms with E-state index < -0.39 is 0 Å². The average molecular weight is 389 g/mol. The topological polar surface area (TPSA) is 91.8 Å². The first-order valence-electron chi connectivity index (χ1n) is 8.64. The van der Waals surface area contributed by atoms with Crippen molar-refractivity contribution in [2.24, 2.45) is 0 Å². The molecule has 0 spiro atoms. The highest BCUT2D eigenvalue weighted by atomic mass is 32.1. The van der Waals surface area contributed by atoms with Gasteiger partial charge in [-0.2, -0.15) is 0 Å². The first-order valence-corrected chi connectivity index (χ1v) is 9.52. The summed E-state index contributed by atoms with van der Waals surface area (Å²) in [5.74, 6) is -0.138. The van der Waals surface area contributed by atoms with Crippen molar-refractivity contribution in [3.05, 3.63) is 75.8 Å². The Balaban J connectivity index is 1.46. The van der Waals surface area contributed by atoms with Crippen LogP contribution in [0, 0.1) is 6.92 Å². The highest BCUT2D eigenvalue weighted by molar-refractivity contribution is 7.17. The zero-order chi connectivity index (χ0) is 19.3. The van der Waals surface area contributed by atoms with Crippen LogP contribution in [0.15, 0.2) is 59.0 Å². The van der Waals surface area contributed by atoms with Gasteiger partial charge in [0.25, 0.3) is 11.5 Å². The van der Waals surface area contributed by atoms with Crippen molar-refractivity contribution in [2.75, 3.05) is 10.6 Å². The van der Waals surface area contributed by atoms with Crippen molar-refractivity contribution >= 4 is 44.4 Å². The number of aryl methyl sites for hydroxylation is 1. The van der Waals surface area contributed by atoms with Crippen molar-refractivity contribution in [2.45, 2.75) is 6.92 Å². The molecule has 3 N–H and O–H groups in total. The molecule has 3 heterocycles. The van der Waals surface area contributed by atoms with Gasteiger partial charge >= 0.3 is 0 Å². The molecule has 4 aromatic rings. The number of anilines is 2. The Morgan fingerprint density at radius 2 is 1.96 bits per heavy atom. The van der Waals surface area contributed by atoms with Gasteiger partial charge in [-0.05, 0) is 43.3 Å². The van der Waals surface area contributed by atoms with Crippen LogP contribution >= 0.6 is 11.3 Å².